The minimum absolute atomic E-state index is 0.0371. The van der Waals surface area contributed by atoms with Crippen molar-refractivity contribution in [2.75, 3.05) is 0 Å². The highest BCUT2D eigenvalue weighted by Gasteiger charge is 2.11. The first kappa shape index (κ1) is 10.4. The molecule has 0 saturated heterocycles. The molecular weight excluding hydrogens is 352 g/mol. The van der Waals surface area contributed by atoms with Crippen LogP contribution in [-0.2, 0) is 0 Å². The average molecular weight is 357 g/mol. The van der Waals surface area contributed by atoms with Crippen molar-refractivity contribution >= 4 is 53.6 Å². The van der Waals surface area contributed by atoms with Gasteiger partial charge in [0.2, 0.25) is 0 Å². The fourth-order valence-corrected chi connectivity index (χ4v) is 2.68. The van der Waals surface area contributed by atoms with Gasteiger partial charge in [-0.05, 0) is 50.9 Å². The van der Waals surface area contributed by atoms with Crippen LogP contribution in [0.15, 0.2) is 25.6 Å². The zero-order chi connectivity index (χ0) is 9.30. The minimum Gasteiger partial charge on any atom is -0.294 e. The Morgan fingerprint density at radius 2 is 1.67 bits per heavy atom. The molecule has 1 rings (SSSR count). The molecule has 12 heavy (non-hydrogen) atoms. The first-order valence-corrected chi connectivity index (χ1v) is 5.56. The maximum absolute atomic E-state index is 11.2. The van der Waals surface area contributed by atoms with Gasteiger partial charge in [-0.2, -0.15) is 0 Å². The first-order chi connectivity index (χ1) is 5.54. The zero-order valence-corrected chi connectivity index (χ0v) is 11.0. The average Bonchev–Trinajstić information content (AvgIpc) is 1.97. The van der Waals surface area contributed by atoms with Gasteiger partial charge < -0.3 is 0 Å². The summed E-state index contributed by atoms with van der Waals surface area (Å²) in [5.41, 5.74) is 0.671. The Kier molecular flexibility index (Phi) is 3.49. The molecule has 0 N–H and O–H groups in total. The standard InChI is InChI=1S/C8H5Br3O/c1-4(12)7-5(9)2-3-6(10)8(7)11/h2-3H,1H3. The third kappa shape index (κ3) is 1.98. The van der Waals surface area contributed by atoms with Gasteiger partial charge in [0.25, 0.3) is 0 Å². The van der Waals surface area contributed by atoms with E-state index >= 15 is 0 Å². The number of halogens is 3. The first-order valence-electron chi connectivity index (χ1n) is 3.18. The van der Waals surface area contributed by atoms with Crippen LogP contribution in [0.5, 0.6) is 0 Å². The van der Waals surface area contributed by atoms with Gasteiger partial charge in [-0.25, -0.2) is 0 Å². The quantitative estimate of drug-likeness (QED) is 0.545. The van der Waals surface area contributed by atoms with E-state index in [0.717, 1.165) is 13.4 Å². The van der Waals surface area contributed by atoms with Crippen molar-refractivity contribution in [3.63, 3.8) is 0 Å². The Labute approximate surface area is 95.9 Å². The molecule has 0 amide bonds. The number of Topliss-reactive ketones (excluding diaryl/α,β-unsaturated/α-hetero) is 1. The van der Waals surface area contributed by atoms with Gasteiger partial charge in [-0.3, -0.25) is 4.79 Å². The molecule has 4 heteroatoms. The van der Waals surface area contributed by atoms with Crippen LogP contribution in [0, 0.1) is 0 Å². The Morgan fingerprint density at radius 3 is 2.08 bits per heavy atom. The topological polar surface area (TPSA) is 17.1 Å². The summed E-state index contributed by atoms with van der Waals surface area (Å²) in [4.78, 5) is 11.2. The molecule has 0 radical (unpaired) electrons. The summed E-state index contributed by atoms with van der Waals surface area (Å²) in [6, 6.07) is 3.71. The summed E-state index contributed by atoms with van der Waals surface area (Å²) >= 11 is 9.97. The second-order valence-corrected chi connectivity index (χ2v) is 4.78. The summed E-state index contributed by atoms with van der Waals surface area (Å²) in [5.74, 6) is 0.0371. The second kappa shape index (κ2) is 4.03. The summed E-state index contributed by atoms with van der Waals surface area (Å²) in [5, 5.41) is 0. The molecular formula is C8H5Br3O. The molecule has 1 aromatic carbocycles. The van der Waals surface area contributed by atoms with E-state index in [2.05, 4.69) is 47.8 Å². The second-order valence-electron chi connectivity index (χ2n) is 2.27. The van der Waals surface area contributed by atoms with Gasteiger partial charge in [-0.1, -0.05) is 15.9 Å². The summed E-state index contributed by atoms with van der Waals surface area (Å²) in [7, 11) is 0. The van der Waals surface area contributed by atoms with Crippen molar-refractivity contribution in [1.29, 1.82) is 0 Å². The lowest BCUT2D eigenvalue weighted by atomic mass is 10.1. The largest absolute Gasteiger partial charge is 0.294 e. The van der Waals surface area contributed by atoms with Gasteiger partial charge in [0.15, 0.2) is 5.78 Å². The lowest BCUT2D eigenvalue weighted by molar-refractivity contribution is 0.101. The van der Waals surface area contributed by atoms with E-state index < -0.39 is 0 Å². The maximum atomic E-state index is 11.2. The van der Waals surface area contributed by atoms with Gasteiger partial charge in [0, 0.05) is 19.0 Å². The molecule has 0 heterocycles. The number of rotatable bonds is 1. The number of ketones is 1. The van der Waals surface area contributed by atoms with E-state index in [1.54, 1.807) is 0 Å². The van der Waals surface area contributed by atoms with Crippen molar-refractivity contribution in [2.45, 2.75) is 6.92 Å². The molecule has 0 fully saturated rings. The summed E-state index contributed by atoms with van der Waals surface area (Å²) in [6.45, 7) is 1.54. The van der Waals surface area contributed by atoms with E-state index in [-0.39, 0.29) is 5.78 Å². The van der Waals surface area contributed by atoms with E-state index in [0.29, 0.717) is 5.56 Å². The number of benzene rings is 1. The predicted molar refractivity (Wildman–Crippen MR) is 59.5 cm³/mol. The maximum Gasteiger partial charge on any atom is 0.162 e. The van der Waals surface area contributed by atoms with Crippen LogP contribution in [0.3, 0.4) is 0 Å². The lowest BCUT2D eigenvalue weighted by Gasteiger charge is -2.04. The Bertz CT molecular complexity index is 333. The van der Waals surface area contributed by atoms with Crippen LogP contribution in [-0.4, -0.2) is 5.78 Å². The van der Waals surface area contributed by atoms with Crippen molar-refractivity contribution in [1.82, 2.24) is 0 Å². The smallest absolute Gasteiger partial charge is 0.162 e. The Balaban J connectivity index is 3.43. The molecule has 0 aliphatic carbocycles. The fraction of sp³-hybridized carbons (Fsp3) is 0.125. The normalized spacial score (nSPS) is 10.0. The Morgan fingerprint density at radius 1 is 1.17 bits per heavy atom. The molecule has 0 spiro atoms. The predicted octanol–water partition coefficient (Wildman–Crippen LogP) is 4.18. The number of hydrogen-bond acceptors (Lipinski definition) is 1. The number of carbonyl (C=O) groups excluding carboxylic acids is 1. The summed E-state index contributed by atoms with van der Waals surface area (Å²) in [6.07, 6.45) is 0. The van der Waals surface area contributed by atoms with Crippen LogP contribution in [0.1, 0.15) is 17.3 Å². The molecule has 64 valence electrons. The molecule has 0 aliphatic rings. The molecule has 1 nitrogen and oxygen atoms in total. The molecule has 0 saturated carbocycles. The van der Waals surface area contributed by atoms with E-state index in [1.807, 2.05) is 12.1 Å². The van der Waals surface area contributed by atoms with Crippen LogP contribution < -0.4 is 0 Å². The van der Waals surface area contributed by atoms with Crippen LogP contribution >= 0.6 is 47.8 Å². The molecule has 0 atom stereocenters. The van der Waals surface area contributed by atoms with Crippen LogP contribution in [0.4, 0.5) is 0 Å². The highest BCUT2D eigenvalue weighted by molar-refractivity contribution is 9.13. The number of hydrogen-bond donors (Lipinski definition) is 0. The highest BCUT2D eigenvalue weighted by atomic mass is 79.9. The fourth-order valence-electron chi connectivity index (χ4n) is 0.850. The SMILES string of the molecule is CC(=O)c1c(Br)ccc(Br)c1Br. The van der Waals surface area contributed by atoms with Crippen LogP contribution in [0.25, 0.3) is 0 Å². The van der Waals surface area contributed by atoms with Gasteiger partial charge >= 0.3 is 0 Å². The van der Waals surface area contributed by atoms with Crippen molar-refractivity contribution in [3.8, 4) is 0 Å². The molecule has 0 aliphatic heterocycles. The third-order valence-electron chi connectivity index (χ3n) is 1.40. The summed E-state index contributed by atoms with van der Waals surface area (Å²) < 4.78 is 2.49. The van der Waals surface area contributed by atoms with Crippen molar-refractivity contribution in [3.05, 3.63) is 31.1 Å². The minimum atomic E-state index is 0.0371. The lowest BCUT2D eigenvalue weighted by Crippen LogP contribution is -1.95. The highest BCUT2D eigenvalue weighted by Crippen LogP contribution is 2.32. The van der Waals surface area contributed by atoms with E-state index in [9.17, 15) is 4.79 Å². The molecule has 0 unspecified atom stereocenters. The third-order valence-corrected chi connectivity index (χ3v) is 4.07. The molecule has 0 bridgehead atoms. The molecule has 0 aromatic heterocycles. The van der Waals surface area contributed by atoms with Gasteiger partial charge in [0.1, 0.15) is 0 Å². The van der Waals surface area contributed by atoms with E-state index in [1.165, 1.54) is 6.92 Å². The zero-order valence-electron chi connectivity index (χ0n) is 6.20. The van der Waals surface area contributed by atoms with Gasteiger partial charge in [-0.15, -0.1) is 0 Å². The monoisotopic (exact) mass is 354 g/mol. The Hall–Kier alpha value is 0.330. The molecule has 1 aromatic rings. The number of carbonyl (C=O) groups is 1. The van der Waals surface area contributed by atoms with E-state index in [4.69, 9.17) is 0 Å². The van der Waals surface area contributed by atoms with Gasteiger partial charge in [0.05, 0.1) is 0 Å². The van der Waals surface area contributed by atoms with Crippen molar-refractivity contribution in [2.24, 2.45) is 0 Å². The van der Waals surface area contributed by atoms with Crippen molar-refractivity contribution < 1.29 is 4.79 Å². The van der Waals surface area contributed by atoms with Crippen LogP contribution in [0.2, 0.25) is 0 Å².